The zero-order valence-corrected chi connectivity index (χ0v) is 13.5. The van der Waals surface area contributed by atoms with E-state index >= 15 is 0 Å². The van der Waals surface area contributed by atoms with Crippen molar-refractivity contribution >= 4 is 5.91 Å². The summed E-state index contributed by atoms with van der Waals surface area (Å²) in [6.45, 7) is 7.91. The molecule has 4 nitrogen and oxygen atoms in total. The third-order valence-corrected chi connectivity index (χ3v) is 4.79. The molecule has 1 N–H and O–H groups in total. The number of fused-ring (bicyclic) bond motifs is 1. The van der Waals surface area contributed by atoms with E-state index in [9.17, 15) is 4.79 Å². The molecule has 1 aromatic rings. The molecule has 2 saturated heterocycles. The summed E-state index contributed by atoms with van der Waals surface area (Å²) in [6, 6.07) is 7.61. The normalized spacial score (nSPS) is 25.0. The van der Waals surface area contributed by atoms with E-state index < -0.39 is 0 Å². The molecule has 2 fully saturated rings. The number of hydrogen-bond donors (Lipinski definition) is 1. The number of hydrogen-bond acceptors (Lipinski definition) is 3. The van der Waals surface area contributed by atoms with Gasteiger partial charge in [-0.25, -0.2) is 0 Å². The van der Waals surface area contributed by atoms with Gasteiger partial charge in [-0.1, -0.05) is 12.1 Å². The predicted molar refractivity (Wildman–Crippen MR) is 87.2 cm³/mol. The van der Waals surface area contributed by atoms with Crippen molar-refractivity contribution in [3.63, 3.8) is 0 Å². The maximum absolute atomic E-state index is 12.9. The van der Waals surface area contributed by atoms with Crippen molar-refractivity contribution < 1.29 is 9.53 Å². The van der Waals surface area contributed by atoms with Crippen LogP contribution >= 0.6 is 0 Å². The van der Waals surface area contributed by atoms with Gasteiger partial charge >= 0.3 is 0 Å². The van der Waals surface area contributed by atoms with Gasteiger partial charge in [0.1, 0.15) is 5.75 Å². The van der Waals surface area contributed by atoms with E-state index in [0.29, 0.717) is 11.3 Å². The van der Waals surface area contributed by atoms with Crippen molar-refractivity contribution in [2.75, 3.05) is 26.2 Å². The first-order valence-electron chi connectivity index (χ1n) is 8.41. The number of benzene rings is 1. The summed E-state index contributed by atoms with van der Waals surface area (Å²) in [5, 5.41) is 3.48. The molecule has 0 aliphatic carbocycles. The van der Waals surface area contributed by atoms with E-state index in [1.54, 1.807) is 0 Å². The number of rotatable bonds is 3. The molecule has 0 aromatic heterocycles. The van der Waals surface area contributed by atoms with Crippen LogP contribution in [0.25, 0.3) is 0 Å². The molecule has 2 atom stereocenters. The van der Waals surface area contributed by atoms with Gasteiger partial charge in [0.2, 0.25) is 0 Å². The minimum Gasteiger partial charge on any atom is -0.490 e. The maximum atomic E-state index is 12.9. The Morgan fingerprint density at radius 3 is 2.45 bits per heavy atom. The quantitative estimate of drug-likeness (QED) is 0.933. The van der Waals surface area contributed by atoms with E-state index in [0.717, 1.165) is 50.9 Å². The van der Waals surface area contributed by atoms with E-state index in [4.69, 9.17) is 4.74 Å². The van der Waals surface area contributed by atoms with Crippen molar-refractivity contribution in [1.29, 1.82) is 0 Å². The maximum Gasteiger partial charge on any atom is 0.257 e. The highest BCUT2D eigenvalue weighted by Gasteiger charge is 2.32. The molecule has 0 saturated carbocycles. The number of carbonyl (C=O) groups excluding carboxylic acids is 1. The van der Waals surface area contributed by atoms with Crippen LogP contribution in [0.15, 0.2) is 24.3 Å². The topological polar surface area (TPSA) is 41.6 Å². The van der Waals surface area contributed by atoms with E-state index in [-0.39, 0.29) is 12.0 Å². The SMILES string of the molecule is CC(C)Oc1ccccc1C(=O)N1CC[C@@H]2CNC[C@@H]2CC1. The zero-order valence-electron chi connectivity index (χ0n) is 13.5. The molecule has 4 heteroatoms. The van der Waals surface area contributed by atoms with E-state index in [1.165, 1.54) is 0 Å². The molecule has 2 aliphatic heterocycles. The smallest absolute Gasteiger partial charge is 0.257 e. The first-order chi connectivity index (χ1) is 10.6. The fourth-order valence-electron chi connectivity index (χ4n) is 3.59. The second-order valence-corrected chi connectivity index (χ2v) is 6.71. The number of nitrogens with one attached hydrogen (secondary N) is 1. The van der Waals surface area contributed by atoms with Crippen LogP contribution in [0.2, 0.25) is 0 Å². The third kappa shape index (κ3) is 3.27. The molecular weight excluding hydrogens is 276 g/mol. The summed E-state index contributed by atoms with van der Waals surface area (Å²) >= 11 is 0. The summed E-state index contributed by atoms with van der Waals surface area (Å²) in [6.07, 6.45) is 2.29. The van der Waals surface area contributed by atoms with Gasteiger partial charge in [-0.2, -0.15) is 0 Å². The second kappa shape index (κ2) is 6.69. The molecule has 0 unspecified atom stereocenters. The van der Waals surface area contributed by atoms with Gasteiger partial charge in [0.05, 0.1) is 11.7 Å². The van der Waals surface area contributed by atoms with Crippen LogP contribution in [-0.2, 0) is 0 Å². The minimum atomic E-state index is 0.0727. The summed E-state index contributed by atoms with van der Waals surface area (Å²) in [4.78, 5) is 14.9. The van der Waals surface area contributed by atoms with E-state index in [1.807, 2.05) is 43.0 Å². The number of amides is 1. The van der Waals surface area contributed by atoms with Gasteiger partial charge in [-0.3, -0.25) is 4.79 Å². The van der Waals surface area contributed by atoms with Crippen molar-refractivity contribution in [3.8, 4) is 5.75 Å². The number of carbonyl (C=O) groups is 1. The Bertz CT molecular complexity index is 516. The number of ether oxygens (including phenoxy) is 1. The number of nitrogens with zero attached hydrogens (tertiary/aromatic N) is 1. The molecule has 1 aromatic carbocycles. The molecular formula is C18H26N2O2. The third-order valence-electron chi connectivity index (χ3n) is 4.79. The van der Waals surface area contributed by atoms with Gasteiger partial charge in [0, 0.05) is 13.1 Å². The first-order valence-corrected chi connectivity index (χ1v) is 8.41. The standard InChI is InChI=1S/C18H26N2O2/c1-13(2)22-17-6-4-3-5-16(17)18(21)20-9-7-14-11-19-12-15(14)8-10-20/h3-6,13-15,19H,7-12H2,1-2H3/t14-,15+. The summed E-state index contributed by atoms with van der Waals surface area (Å²) in [5.74, 6) is 2.29. The lowest BCUT2D eigenvalue weighted by Crippen LogP contribution is -2.33. The molecule has 0 spiro atoms. The molecule has 22 heavy (non-hydrogen) atoms. The molecule has 1 amide bonds. The van der Waals surface area contributed by atoms with Crippen molar-refractivity contribution in [2.24, 2.45) is 11.8 Å². The lowest BCUT2D eigenvalue weighted by molar-refractivity contribution is 0.0752. The monoisotopic (exact) mass is 302 g/mol. The minimum absolute atomic E-state index is 0.0727. The Morgan fingerprint density at radius 2 is 1.82 bits per heavy atom. The largest absolute Gasteiger partial charge is 0.490 e. The molecule has 2 aliphatic rings. The fourth-order valence-corrected chi connectivity index (χ4v) is 3.59. The Kier molecular flexibility index (Phi) is 4.67. The molecule has 3 rings (SSSR count). The second-order valence-electron chi connectivity index (χ2n) is 6.71. The Balaban J connectivity index is 1.73. The van der Waals surface area contributed by atoms with Crippen LogP contribution in [0.4, 0.5) is 0 Å². The van der Waals surface area contributed by atoms with Gasteiger partial charge in [-0.15, -0.1) is 0 Å². The zero-order chi connectivity index (χ0) is 15.5. The summed E-state index contributed by atoms with van der Waals surface area (Å²) in [7, 11) is 0. The number of para-hydroxylation sites is 1. The lowest BCUT2D eigenvalue weighted by atomic mass is 9.92. The van der Waals surface area contributed by atoms with Crippen LogP contribution in [0.5, 0.6) is 5.75 Å². The summed E-state index contributed by atoms with van der Waals surface area (Å²) in [5.41, 5.74) is 0.696. The fraction of sp³-hybridized carbons (Fsp3) is 0.611. The van der Waals surface area contributed by atoms with Crippen LogP contribution in [0.1, 0.15) is 37.0 Å². The molecule has 0 bridgehead atoms. The average Bonchev–Trinajstić information content (AvgIpc) is 2.85. The molecule has 120 valence electrons. The van der Waals surface area contributed by atoms with Crippen LogP contribution < -0.4 is 10.1 Å². The van der Waals surface area contributed by atoms with Crippen molar-refractivity contribution in [2.45, 2.75) is 32.8 Å². The van der Waals surface area contributed by atoms with Crippen LogP contribution in [0.3, 0.4) is 0 Å². The Labute approximate surface area is 132 Å². The molecule has 0 radical (unpaired) electrons. The van der Waals surface area contributed by atoms with Crippen LogP contribution in [-0.4, -0.2) is 43.1 Å². The predicted octanol–water partition coefficient (Wildman–Crippen LogP) is 2.55. The van der Waals surface area contributed by atoms with Gasteiger partial charge in [0.25, 0.3) is 5.91 Å². The van der Waals surface area contributed by atoms with Crippen molar-refractivity contribution in [1.82, 2.24) is 10.2 Å². The lowest BCUT2D eigenvalue weighted by Gasteiger charge is -2.23. The summed E-state index contributed by atoms with van der Waals surface area (Å²) < 4.78 is 5.81. The number of likely N-dealkylation sites (tertiary alicyclic amines) is 1. The first kappa shape index (κ1) is 15.3. The van der Waals surface area contributed by atoms with Gasteiger partial charge in [0.15, 0.2) is 0 Å². The highest BCUT2D eigenvalue weighted by Crippen LogP contribution is 2.29. The highest BCUT2D eigenvalue weighted by atomic mass is 16.5. The van der Waals surface area contributed by atoms with Gasteiger partial charge in [-0.05, 0) is 63.7 Å². The molecule has 2 heterocycles. The Hall–Kier alpha value is -1.55. The highest BCUT2D eigenvalue weighted by molar-refractivity contribution is 5.97. The van der Waals surface area contributed by atoms with Gasteiger partial charge < -0.3 is 15.0 Å². The van der Waals surface area contributed by atoms with Crippen molar-refractivity contribution in [3.05, 3.63) is 29.8 Å². The Morgan fingerprint density at radius 1 is 1.18 bits per heavy atom. The van der Waals surface area contributed by atoms with E-state index in [2.05, 4.69) is 5.32 Å². The van der Waals surface area contributed by atoms with Crippen LogP contribution in [0, 0.1) is 11.8 Å². The average molecular weight is 302 g/mol.